The van der Waals surface area contributed by atoms with Crippen molar-refractivity contribution < 1.29 is 22.7 Å². The predicted octanol–water partition coefficient (Wildman–Crippen LogP) is 4.14. The lowest BCUT2D eigenvalue weighted by Gasteiger charge is -2.22. The predicted molar refractivity (Wildman–Crippen MR) is 148 cm³/mol. The van der Waals surface area contributed by atoms with E-state index in [9.17, 15) is 18.0 Å². The van der Waals surface area contributed by atoms with Gasteiger partial charge in [0.25, 0.3) is 5.91 Å². The van der Waals surface area contributed by atoms with E-state index in [0.29, 0.717) is 22.9 Å². The van der Waals surface area contributed by atoms with Crippen LogP contribution in [0, 0.1) is 0 Å². The van der Waals surface area contributed by atoms with Crippen molar-refractivity contribution in [2.24, 2.45) is 5.14 Å². The van der Waals surface area contributed by atoms with Crippen LogP contribution >= 0.6 is 24.0 Å². The van der Waals surface area contributed by atoms with Crippen molar-refractivity contribution in [1.82, 2.24) is 4.90 Å². The third-order valence-electron chi connectivity index (χ3n) is 5.44. The van der Waals surface area contributed by atoms with Crippen LogP contribution in [-0.2, 0) is 26.2 Å². The molecule has 1 saturated heterocycles. The number of carbonyl (C=O) groups excluding carboxylic acids is 2. The lowest BCUT2D eigenvalue weighted by atomic mass is 10.2. The summed E-state index contributed by atoms with van der Waals surface area (Å²) >= 11 is 6.51. The van der Waals surface area contributed by atoms with Crippen molar-refractivity contribution in [3.63, 3.8) is 0 Å². The third-order valence-corrected chi connectivity index (χ3v) is 7.70. The molecule has 1 aliphatic heterocycles. The minimum absolute atomic E-state index is 0.0739. The Morgan fingerprint density at radius 3 is 2.49 bits per heavy atom. The smallest absolute Gasteiger partial charge is 0.266 e. The molecule has 2 amide bonds. The Hall–Kier alpha value is -3.51. The van der Waals surface area contributed by atoms with Crippen LogP contribution in [-0.4, -0.2) is 35.5 Å². The lowest BCUT2D eigenvalue weighted by molar-refractivity contribution is -0.129. The van der Waals surface area contributed by atoms with Gasteiger partial charge in [-0.05, 0) is 60.5 Å². The highest BCUT2D eigenvalue weighted by atomic mass is 32.2. The SMILES string of the molecule is CC(C(=O)Nc1ccc(S(N)(=O)=O)cc1)N1C(=O)/C(=C/c2cccc(OCc3ccccc3)c2)SC1=S. The van der Waals surface area contributed by atoms with E-state index in [2.05, 4.69) is 5.32 Å². The first kappa shape index (κ1) is 26.6. The van der Waals surface area contributed by atoms with Crippen LogP contribution in [0.4, 0.5) is 5.69 Å². The minimum atomic E-state index is -3.84. The number of rotatable bonds is 8. The summed E-state index contributed by atoms with van der Waals surface area (Å²) in [6.45, 7) is 1.99. The van der Waals surface area contributed by atoms with Crippen molar-refractivity contribution in [2.75, 3.05) is 5.32 Å². The summed E-state index contributed by atoms with van der Waals surface area (Å²) in [7, 11) is -3.84. The average molecular weight is 554 g/mol. The highest BCUT2D eigenvalue weighted by molar-refractivity contribution is 8.26. The number of thioether (sulfide) groups is 1. The summed E-state index contributed by atoms with van der Waals surface area (Å²) in [5.41, 5.74) is 2.16. The molecule has 4 rings (SSSR count). The van der Waals surface area contributed by atoms with Gasteiger partial charge in [0.05, 0.1) is 9.80 Å². The van der Waals surface area contributed by atoms with Crippen molar-refractivity contribution in [3.05, 3.63) is 94.9 Å². The van der Waals surface area contributed by atoms with Gasteiger partial charge in [-0.2, -0.15) is 0 Å². The molecule has 1 heterocycles. The average Bonchev–Trinajstić information content (AvgIpc) is 3.15. The molecule has 3 aromatic rings. The topological polar surface area (TPSA) is 119 Å². The number of nitrogens with one attached hydrogen (secondary N) is 1. The highest BCUT2D eigenvalue weighted by Crippen LogP contribution is 2.34. The van der Waals surface area contributed by atoms with E-state index in [1.165, 1.54) is 29.2 Å². The van der Waals surface area contributed by atoms with Gasteiger partial charge >= 0.3 is 0 Å². The number of anilines is 1. The van der Waals surface area contributed by atoms with Gasteiger partial charge in [0, 0.05) is 5.69 Å². The number of primary sulfonamides is 1. The van der Waals surface area contributed by atoms with Crippen molar-refractivity contribution in [2.45, 2.75) is 24.5 Å². The number of amides is 2. The molecule has 1 unspecified atom stereocenters. The number of thiocarbonyl (C=S) groups is 1. The fraction of sp³-hybridized carbons (Fsp3) is 0.115. The fourth-order valence-corrected chi connectivity index (χ4v) is 5.43. The molecule has 1 atom stereocenters. The maximum absolute atomic E-state index is 13.1. The third kappa shape index (κ3) is 6.63. The molecule has 0 aromatic heterocycles. The standard InChI is InChI=1S/C26H23N3O5S3/c1-17(24(30)28-20-10-12-22(13-11-20)37(27,32)33)29-25(31)23(36-26(29)35)15-19-8-5-9-21(14-19)34-16-18-6-3-2-4-7-18/h2-15,17H,16H2,1H3,(H,28,30)(H2,27,32,33)/b23-15-. The van der Waals surface area contributed by atoms with E-state index in [0.717, 1.165) is 22.9 Å². The van der Waals surface area contributed by atoms with Gasteiger partial charge in [-0.1, -0.05) is 66.4 Å². The molecule has 0 radical (unpaired) electrons. The molecular weight excluding hydrogens is 531 g/mol. The van der Waals surface area contributed by atoms with Crippen LogP contribution in [0.1, 0.15) is 18.1 Å². The fourth-order valence-electron chi connectivity index (χ4n) is 3.49. The maximum atomic E-state index is 13.1. The molecule has 0 saturated carbocycles. The number of ether oxygens (including phenoxy) is 1. The summed E-state index contributed by atoms with van der Waals surface area (Å²) in [4.78, 5) is 27.5. The minimum Gasteiger partial charge on any atom is -0.489 e. The molecule has 0 spiro atoms. The Kier molecular flexibility index (Phi) is 8.08. The van der Waals surface area contributed by atoms with Crippen LogP contribution in [0.3, 0.4) is 0 Å². The summed E-state index contributed by atoms with van der Waals surface area (Å²) in [5, 5.41) is 7.76. The number of hydrogen-bond acceptors (Lipinski definition) is 7. The molecule has 190 valence electrons. The zero-order valence-corrected chi connectivity index (χ0v) is 22.1. The Labute approximate surface area is 224 Å². The number of nitrogens with zero attached hydrogens (tertiary/aromatic N) is 1. The van der Waals surface area contributed by atoms with Crippen LogP contribution in [0.5, 0.6) is 5.75 Å². The highest BCUT2D eigenvalue weighted by Gasteiger charge is 2.38. The summed E-state index contributed by atoms with van der Waals surface area (Å²) in [5.74, 6) is -0.190. The van der Waals surface area contributed by atoms with E-state index in [-0.39, 0.29) is 15.1 Å². The van der Waals surface area contributed by atoms with Crippen LogP contribution in [0.15, 0.2) is 88.7 Å². The van der Waals surface area contributed by atoms with Gasteiger partial charge in [-0.15, -0.1) is 0 Å². The molecule has 1 fully saturated rings. The van der Waals surface area contributed by atoms with E-state index in [1.807, 2.05) is 54.6 Å². The first-order chi connectivity index (χ1) is 17.6. The molecule has 3 aromatic carbocycles. The van der Waals surface area contributed by atoms with E-state index >= 15 is 0 Å². The number of sulfonamides is 1. The second-order valence-corrected chi connectivity index (χ2v) is 11.4. The quantitative estimate of drug-likeness (QED) is 0.318. The van der Waals surface area contributed by atoms with E-state index in [4.69, 9.17) is 22.1 Å². The summed E-state index contributed by atoms with van der Waals surface area (Å²) < 4.78 is 29.0. The van der Waals surface area contributed by atoms with Crippen molar-refractivity contribution >= 4 is 61.9 Å². The lowest BCUT2D eigenvalue weighted by Crippen LogP contribution is -2.44. The normalized spacial score (nSPS) is 15.6. The number of benzene rings is 3. The zero-order valence-electron chi connectivity index (χ0n) is 19.7. The number of nitrogens with two attached hydrogens (primary N) is 1. The Morgan fingerprint density at radius 1 is 1.11 bits per heavy atom. The molecule has 11 heteroatoms. The molecule has 8 nitrogen and oxygen atoms in total. The van der Waals surface area contributed by atoms with Gasteiger partial charge in [0.15, 0.2) is 0 Å². The number of carbonyl (C=O) groups is 2. The Morgan fingerprint density at radius 2 is 1.81 bits per heavy atom. The Balaban J connectivity index is 1.43. The second-order valence-electron chi connectivity index (χ2n) is 8.13. The van der Waals surface area contributed by atoms with E-state index < -0.39 is 22.0 Å². The maximum Gasteiger partial charge on any atom is 0.266 e. The van der Waals surface area contributed by atoms with Gasteiger partial charge in [0.1, 0.15) is 22.7 Å². The largest absolute Gasteiger partial charge is 0.489 e. The second kappa shape index (κ2) is 11.3. The van der Waals surface area contributed by atoms with Gasteiger partial charge in [-0.3, -0.25) is 14.5 Å². The monoisotopic (exact) mass is 553 g/mol. The van der Waals surface area contributed by atoms with Gasteiger partial charge in [0.2, 0.25) is 15.9 Å². The molecule has 37 heavy (non-hydrogen) atoms. The van der Waals surface area contributed by atoms with Crippen molar-refractivity contribution in [3.8, 4) is 5.75 Å². The van der Waals surface area contributed by atoms with Gasteiger partial charge in [-0.25, -0.2) is 13.6 Å². The molecule has 0 bridgehead atoms. The first-order valence-electron chi connectivity index (χ1n) is 11.1. The zero-order chi connectivity index (χ0) is 26.6. The summed E-state index contributed by atoms with van der Waals surface area (Å²) in [6.07, 6.45) is 1.71. The van der Waals surface area contributed by atoms with Crippen LogP contribution < -0.4 is 15.2 Å². The molecule has 1 aliphatic rings. The first-order valence-corrected chi connectivity index (χ1v) is 13.9. The molecule has 0 aliphatic carbocycles. The molecular formula is C26H23N3O5S3. The summed E-state index contributed by atoms with van der Waals surface area (Å²) in [6, 6.07) is 21.7. The Bertz CT molecular complexity index is 1470. The van der Waals surface area contributed by atoms with Gasteiger partial charge < -0.3 is 10.1 Å². The van der Waals surface area contributed by atoms with E-state index in [1.54, 1.807) is 13.0 Å². The number of hydrogen-bond donors (Lipinski definition) is 2. The van der Waals surface area contributed by atoms with Crippen molar-refractivity contribution in [1.29, 1.82) is 0 Å². The van der Waals surface area contributed by atoms with Crippen LogP contribution in [0.25, 0.3) is 6.08 Å². The van der Waals surface area contributed by atoms with Crippen LogP contribution in [0.2, 0.25) is 0 Å². The molecule has 3 N–H and O–H groups in total.